The Morgan fingerprint density at radius 1 is 0.750 bits per heavy atom. The highest BCUT2D eigenvalue weighted by atomic mass is 79.9. The molecule has 0 nitrogen and oxygen atoms in total. The molecule has 1 unspecified atom stereocenters. The van der Waals surface area contributed by atoms with E-state index in [0.29, 0.717) is 0 Å². The molecule has 100 valence electrons. The minimum Gasteiger partial charge on any atom is -0.207 e. The molecule has 3 aromatic rings. The van der Waals surface area contributed by atoms with Gasteiger partial charge in [0.25, 0.3) is 0 Å². The Bertz CT molecular complexity index is 751. The zero-order chi connectivity index (χ0) is 14.1. The molecule has 0 amide bonds. The number of hydrogen-bond acceptors (Lipinski definition) is 0. The monoisotopic (exact) mass is 392 g/mol. The Balaban J connectivity index is 2.01. The Labute approximate surface area is 133 Å². The second kappa shape index (κ2) is 5.66. The smallest absolute Gasteiger partial charge is 0.123 e. The van der Waals surface area contributed by atoms with Crippen LogP contribution in [0.25, 0.3) is 10.8 Å². The molecule has 0 bridgehead atoms. The van der Waals surface area contributed by atoms with Gasteiger partial charge in [-0.25, -0.2) is 4.39 Å². The average Bonchev–Trinajstić information content (AvgIpc) is 2.47. The van der Waals surface area contributed by atoms with Gasteiger partial charge in [0.1, 0.15) is 5.82 Å². The summed E-state index contributed by atoms with van der Waals surface area (Å²) in [6, 6.07) is 19.2. The summed E-state index contributed by atoms with van der Waals surface area (Å²) in [7, 11) is 0. The van der Waals surface area contributed by atoms with Gasteiger partial charge in [-0.05, 0) is 52.2 Å². The van der Waals surface area contributed by atoms with Crippen molar-refractivity contribution in [3.8, 4) is 0 Å². The van der Waals surface area contributed by atoms with E-state index >= 15 is 0 Å². The lowest BCUT2D eigenvalue weighted by Gasteiger charge is -2.12. The van der Waals surface area contributed by atoms with Gasteiger partial charge in [0, 0.05) is 4.47 Å². The molecule has 0 heterocycles. The van der Waals surface area contributed by atoms with Gasteiger partial charge in [-0.2, -0.15) is 0 Å². The van der Waals surface area contributed by atoms with E-state index in [2.05, 4.69) is 62.2 Å². The number of hydrogen-bond donors (Lipinski definition) is 0. The van der Waals surface area contributed by atoms with Gasteiger partial charge >= 0.3 is 0 Å². The van der Waals surface area contributed by atoms with Crippen LogP contribution in [0.2, 0.25) is 0 Å². The van der Waals surface area contributed by atoms with Gasteiger partial charge in [-0.3, -0.25) is 0 Å². The van der Waals surface area contributed by atoms with Gasteiger partial charge in [0.05, 0.1) is 4.83 Å². The SMILES string of the molecule is Fc1ccc(C(Br)c2ccc3cc(Br)ccc3c2)cc1. The summed E-state index contributed by atoms with van der Waals surface area (Å²) in [6.45, 7) is 0. The van der Waals surface area contributed by atoms with Crippen molar-refractivity contribution < 1.29 is 4.39 Å². The van der Waals surface area contributed by atoms with Crippen molar-refractivity contribution in [1.82, 2.24) is 0 Å². The first-order chi connectivity index (χ1) is 9.63. The molecule has 0 spiro atoms. The highest BCUT2D eigenvalue weighted by Crippen LogP contribution is 2.33. The molecule has 0 aliphatic rings. The van der Waals surface area contributed by atoms with Crippen LogP contribution in [-0.4, -0.2) is 0 Å². The molecule has 20 heavy (non-hydrogen) atoms. The maximum absolute atomic E-state index is 13.0. The maximum atomic E-state index is 13.0. The minimum absolute atomic E-state index is 0.0659. The molecule has 0 saturated heterocycles. The van der Waals surface area contributed by atoms with E-state index in [1.165, 1.54) is 22.9 Å². The van der Waals surface area contributed by atoms with Gasteiger partial charge < -0.3 is 0 Å². The molecule has 1 atom stereocenters. The Morgan fingerprint density at radius 3 is 2.10 bits per heavy atom. The van der Waals surface area contributed by atoms with Crippen LogP contribution < -0.4 is 0 Å². The molecule has 0 saturated carbocycles. The first-order valence-corrected chi connectivity index (χ1v) is 7.93. The normalized spacial score (nSPS) is 12.6. The zero-order valence-electron chi connectivity index (χ0n) is 10.5. The molecule has 3 heteroatoms. The van der Waals surface area contributed by atoms with Crippen molar-refractivity contribution in [3.05, 3.63) is 82.1 Å². The van der Waals surface area contributed by atoms with Crippen LogP contribution in [0.3, 0.4) is 0 Å². The first-order valence-electron chi connectivity index (χ1n) is 6.22. The molecule has 0 radical (unpaired) electrons. The largest absolute Gasteiger partial charge is 0.207 e. The Morgan fingerprint density at radius 2 is 1.35 bits per heavy atom. The van der Waals surface area contributed by atoms with E-state index in [1.54, 1.807) is 12.1 Å². The van der Waals surface area contributed by atoms with E-state index in [9.17, 15) is 4.39 Å². The molecule has 0 aliphatic heterocycles. The van der Waals surface area contributed by atoms with Crippen molar-refractivity contribution in [2.24, 2.45) is 0 Å². The fourth-order valence-electron chi connectivity index (χ4n) is 2.22. The third-order valence-electron chi connectivity index (χ3n) is 3.28. The summed E-state index contributed by atoms with van der Waals surface area (Å²) in [4.78, 5) is 0.0659. The van der Waals surface area contributed by atoms with Crippen LogP contribution in [-0.2, 0) is 0 Å². The van der Waals surface area contributed by atoms with E-state index in [-0.39, 0.29) is 10.6 Å². The first kappa shape index (κ1) is 13.8. The maximum Gasteiger partial charge on any atom is 0.123 e. The highest BCUT2D eigenvalue weighted by molar-refractivity contribution is 9.10. The quantitative estimate of drug-likeness (QED) is 0.453. The van der Waals surface area contributed by atoms with Crippen LogP contribution in [0, 0.1) is 5.82 Å². The van der Waals surface area contributed by atoms with Crippen molar-refractivity contribution >= 4 is 42.6 Å². The van der Waals surface area contributed by atoms with Gasteiger partial charge in [-0.15, -0.1) is 0 Å². The molecule has 0 N–H and O–H groups in total. The topological polar surface area (TPSA) is 0 Å². The number of fused-ring (bicyclic) bond motifs is 1. The number of halogens is 3. The Kier molecular flexibility index (Phi) is 3.90. The molecule has 0 aliphatic carbocycles. The summed E-state index contributed by atoms with van der Waals surface area (Å²) >= 11 is 7.17. The van der Waals surface area contributed by atoms with Gasteiger partial charge in [0.2, 0.25) is 0 Å². The van der Waals surface area contributed by atoms with Crippen molar-refractivity contribution in [3.63, 3.8) is 0 Å². The molecule has 3 aromatic carbocycles. The lowest BCUT2D eigenvalue weighted by Crippen LogP contribution is -1.93. The van der Waals surface area contributed by atoms with E-state index in [0.717, 1.165) is 15.6 Å². The summed E-state index contributed by atoms with van der Waals surface area (Å²) < 4.78 is 14.1. The number of rotatable bonds is 2. The second-order valence-corrected chi connectivity index (χ2v) is 6.50. The van der Waals surface area contributed by atoms with Crippen LogP contribution in [0.1, 0.15) is 16.0 Å². The van der Waals surface area contributed by atoms with Crippen molar-refractivity contribution in [2.45, 2.75) is 4.83 Å². The van der Waals surface area contributed by atoms with Crippen molar-refractivity contribution in [1.29, 1.82) is 0 Å². The van der Waals surface area contributed by atoms with Crippen LogP contribution >= 0.6 is 31.9 Å². The molecule has 0 fully saturated rings. The highest BCUT2D eigenvalue weighted by Gasteiger charge is 2.11. The molecule has 0 aromatic heterocycles. The van der Waals surface area contributed by atoms with Crippen molar-refractivity contribution in [2.75, 3.05) is 0 Å². The summed E-state index contributed by atoms with van der Waals surface area (Å²) in [6.07, 6.45) is 0. The fraction of sp³-hybridized carbons (Fsp3) is 0.0588. The molecule has 3 rings (SSSR count). The summed E-state index contributed by atoms with van der Waals surface area (Å²) in [5.41, 5.74) is 2.20. The minimum atomic E-state index is -0.211. The van der Waals surface area contributed by atoms with E-state index in [4.69, 9.17) is 0 Å². The number of benzene rings is 3. The van der Waals surface area contributed by atoms with Crippen LogP contribution in [0.15, 0.2) is 65.1 Å². The predicted molar refractivity (Wildman–Crippen MR) is 88.8 cm³/mol. The zero-order valence-corrected chi connectivity index (χ0v) is 13.7. The third-order valence-corrected chi connectivity index (χ3v) is 4.83. The standard InChI is InChI=1S/C17H11Br2F/c18-15-6-3-12-9-14(2-1-13(12)10-15)17(19)11-4-7-16(20)8-5-11/h1-10,17H. The van der Waals surface area contributed by atoms with Crippen LogP contribution in [0.5, 0.6) is 0 Å². The summed E-state index contributed by atoms with van der Waals surface area (Å²) in [5.74, 6) is -0.211. The van der Waals surface area contributed by atoms with Gasteiger partial charge in [0.15, 0.2) is 0 Å². The number of alkyl halides is 1. The van der Waals surface area contributed by atoms with E-state index in [1.807, 2.05) is 6.07 Å². The Hall–Kier alpha value is -1.19. The fourth-order valence-corrected chi connectivity index (χ4v) is 3.19. The lowest BCUT2D eigenvalue weighted by molar-refractivity contribution is 0.627. The molecular formula is C17H11Br2F. The predicted octanol–water partition coefficient (Wildman–Crippen LogP) is 6.23. The second-order valence-electron chi connectivity index (χ2n) is 4.67. The average molecular weight is 394 g/mol. The lowest BCUT2D eigenvalue weighted by atomic mass is 10.0. The van der Waals surface area contributed by atoms with Crippen LogP contribution in [0.4, 0.5) is 4.39 Å². The summed E-state index contributed by atoms with van der Waals surface area (Å²) in [5, 5.41) is 2.39. The van der Waals surface area contributed by atoms with Gasteiger partial charge in [-0.1, -0.05) is 62.2 Å². The third kappa shape index (κ3) is 2.79. The molecular weight excluding hydrogens is 383 g/mol. The van der Waals surface area contributed by atoms with E-state index < -0.39 is 0 Å².